The maximum absolute atomic E-state index is 13.5. The molecule has 5 rings (SSSR count). The molecule has 0 spiro atoms. The van der Waals surface area contributed by atoms with E-state index in [1.165, 1.54) is 0 Å². The van der Waals surface area contributed by atoms with E-state index >= 15 is 0 Å². The molecule has 2 fully saturated rings. The number of likely N-dealkylation sites (tertiary alicyclic amines) is 1. The van der Waals surface area contributed by atoms with E-state index in [1.54, 1.807) is 37.9 Å². The summed E-state index contributed by atoms with van der Waals surface area (Å²) in [6.45, 7) is 7.11. The molecule has 0 atom stereocenters. The van der Waals surface area contributed by atoms with Gasteiger partial charge in [-0.25, -0.2) is 19.3 Å². The zero-order chi connectivity index (χ0) is 24.0. The summed E-state index contributed by atoms with van der Waals surface area (Å²) in [6.07, 6.45) is 5.89. The van der Waals surface area contributed by atoms with Gasteiger partial charge in [0.05, 0.1) is 11.8 Å². The monoisotopic (exact) mass is 483 g/mol. The van der Waals surface area contributed by atoms with Crippen molar-refractivity contribution in [2.75, 3.05) is 18.4 Å². The summed E-state index contributed by atoms with van der Waals surface area (Å²) < 4.78 is 1.77. The molecule has 2 amide bonds. The minimum atomic E-state index is -0.855. The number of anilines is 1. The van der Waals surface area contributed by atoms with Crippen LogP contribution in [0.4, 0.5) is 10.6 Å². The highest BCUT2D eigenvalue weighted by Gasteiger charge is 2.39. The van der Waals surface area contributed by atoms with E-state index in [0.29, 0.717) is 43.3 Å². The standard InChI is InChI=1S/C23H29N7O3S/c1-23(2,3)27-18-12-17(25-19(26-18)16-13-24-29-10-11-34-21(16)29)20(31)28-8-6-15(7-9-28)30(22(32)33)14-4-5-14/h10-15H,4-9H2,1-3H3,(H,32,33)(H,25,26,27). The van der Waals surface area contributed by atoms with E-state index in [1.807, 2.05) is 32.3 Å². The molecule has 0 aromatic carbocycles. The maximum Gasteiger partial charge on any atom is 0.407 e. The number of aromatic nitrogens is 4. The zero-order valence-electron chi connectivity index (χ0n) is 19.6. The molecule has 1 saturated carbocycles. The van der Waals surface area contributed by atoms with Gasteiger partial charge in [-0.3, -0.25) is 4.79 Å². The van der Waals surface area contributed by atoms with Gasteiger partial charge in [-0.05, 0) is 46.5 Å². The Kier molecular flexibility index (Phi) is 5.67. The van der Waals surface area contributed by atoms with Crippen LogP contribution in [0.5, 0.6) is 0 Å². The summed E-state index contributed by atoms with van der Waals surface area (Å²) in [7, 11) is 0. The summed E-state index contributed by atoms with van der Waals surface area (Å²) >= 11 is 1.54. The molecule has 1 aliphatic carbocycles. The molecule has 34 heavy (non-hydrogen) atoms. The number of nitrogens with zero attached hydrogens (tertiary/aromatic N) is 6. The van der Waals surface area contributed by atoms with Crippen molar-refractivity contribution in [1.82, 2.24) is 29.4 Å². The Hall–Kier alpha value is -3.21. The lowest BCUT2D eigenvalue weighted by Crippen LogP contribution is -2.49. The highest BCUT2D eigenvalue weighted by Crippen LogP contribution is 2.32. The average Bonchev–Trinajstić information content (AvgIpc) is 3.34. The van der Waals surface area contributed by atoms with Gasteiger partial charge >= 0.3 is 6.09 Å². The molecule has 1 saturated heterocycles. The second-order valence-corrected chi connectivity index (χ2v) is 10.9. The topological polar surface area (TPSA) is 116 Å². The number of carbonyl (C=O) groups is 2. The number of carboxylic acid groups (broad SMARTS) is 1. The summed E-state index contributed by atoms with van der Waals surface area (Å²) in [6, 6.07) is 1.81. The highest BCUT2D eigenvalue weighted by atomic mass is 32.1. The molecule has 10 nitrogen and oxygen atoms in total. The van der Waals surface area contributed by atoms with Crippen molar-refractivity contribution in [2.24, 2.45) is 0 Å². The number of fused-ring (bicyclic) bond motifs is 1. The zero-order valence-corrected chi connectivity index (χ0v) is 20.4. The van der Waals surface area contributed by atoms with Crippen LogP contribution in [0, 0.1) is 0 Å². The first-order chi connectivity index (χ1) is 16.2. The summed E-state index contributed by atoms with van der Waals surface area (Å²) in [5.74, 6) is 0.870. The SMILES string of the molecule is CC(C)(C)Nc1cc(C(=O)N2CCC(N(C(=O)O)C3CC3)CC2)nc(-c2cnn3ccsc23)n1. The molecule has 11 heteroatoms. The van der Waals surface area contributed by atoms with Gasteiger partial charge in [0, 0.05) is 48.4 Å². The molecule has 2 aliphatic rings. The molecule has 1 aliphatic heterocycles. The van der Waals surface area contributed by atoms with E-state index in [4.69, 9.17) is 0 Å². The quantitative estimate of drug-likeness (QED) is 0.567. The number of hydrogen-bond acceptors (Lipinski definition) is 7. The molecule has 0 unspecified atom stereocenters. The molecule has 3 aromatic rings. The first kappa shape index (κ1) is 22.6. The fourth-order valence-electron chi connectivity index (χ4n) is 4.48. The van der Waals surface area contributed by atoms with Crippen molar-refractivity contribution in [3.8, 4) is 11.4 Å². The van der Waals surface area contributed by atoms with Gasteiger partial charge in [0.25, 0.3) is 5.91 Å². The number of hydrogen-bond donors (Lipinski definition) is 2. The first-order valence-electron chi connectivity index (χ1n) is 11.6. The van der Waals surface area contributed by atoms with Gasteiger partial charge in [0.15, 0.2) is 5.82 Å². The van der Waals surface area contributed by atoms with Crippen molar-refractivity contribution in [3.63, 3.8) is 0 Å². The maximum atomic E-state index is 13.5. The van der Waals surface area contributed by atoms with Crippen LogP contribution in [0.1, 0.15) is 56.9 Å². The lowest BCUT2D eigenvalue weighted by Gasteiger charge is -2.37. The number of nitrogens with one attached hydrogen (secondary N) is 1. The molecule has 180 valence electrons. The number of carbonyl (C=O) groups excluding carboxylic acids is 1. The lowest BCUT2D eigenvalue weighted by molar-refractivity contribution is 0.0599. The van der Waals surface area contributed by atoms with Crippen LogP contribution >= 0.6 is 11.3 Å². The first-order valence-corrected chi connectivity index (χ1v) is 12.5. The van der Waals surface area contributed by atoms with E-state index in [-0.39, 0.29) is 23.5 Å². The second kappa shape index (κ2) is 8.53. The fraction of sp³-hybridized carbons (Fsp3) is 0.522. The van der Waals surface area contributed by atoms with E-state index in [0.717, 1.165) is 23.2 Å². The van der Waals surface area contributed by atoms with Crippen LogP contribution in [0.3, 0.4) is 0 Å². The number of rotatable bonds is 5. The minimum Gasteiger partial charge on any atom is -0.465 e. The summed E-state index contributed by atoms with van der Waals surface area (Å²) in [4.78, 5) is 38.8. The largest absolute Gasteiger partial charge is 0.465 e. The van der Waals surface area contributed by atoms with Crippen LogP contribution in [0.2, 0.25) is 0 Å². The Morgan fingerprint density at radius 2 is 1.85 bits per heavy atom. The van der Waals surface area contributed by atoms with Crippen molar-refractivity contribution < 1.29 is 14.7 Å². The van der Waals surface area contributed by atoms with Crippen LogP contribution in [-0.4, -0.2) is 77.2 Å². The van der Waals surface area contributed by atoms with Crippen LogP contribution in [0.15, 0.2) is 23.8 Å². The van der Waals surface area contributed by atoms with Crippen molar-refractivity contribution >= 4 is 34.0 Å². The predicted octanol–water partition coefficient (Wildman–Crippen LogP) is 3.81. The Labute approximate surface area is 201 Å². The fourth-order valence-corrected chi connectivity index (χ4v) is 5.27. The molecule has 2 N–H and O–H groups in total. The normalized spacial score (nSPS) is 17.2. The molecular weight excluding hydrogens is 454 g/mol. The molecule has 4 heterocycles. The molecule has 0 bridgehead atoms. The summed E-state index contributed by atoms with van der Waals surface area (Å²) in [5.41, 5.74) is 0.857. The van der Waals surface area contributed by atoms with E-state index in [2.05, 4.69) is 20.4 Å². The second-order valence-electron chi connectivity index (χ2n) is 9.99. The van der Waals surface area contributed by atoms with Gasteiger partial charge in [0.1, 0.15) is 16.3 Å². The van der Waals surface area contributed by atoms with Crippen molar-refractivity contribution in [3.05, 3.63) is 29.5 Å². The third-order valence-electron chi connectivity index (χ3n) is 6.13. The van der Waals surface area contributed by atoms with Crippen LogP contribution < -0.4 is 5.32 Å². The molecular formula is C23H29N7O3S. The number of thiazole rings is 1. The van der Waals surface area contributed by atoms with Gasteiger partial charge in [-0.15, -0.1) is 11.3 Å². The third-order valence-corrected chi connectivity index (χ3v) is 7.01. The smallest absolute Gasteiger partial charge is 0.407 e. The van der Waals surface area contributed by atoms with Gasteiger partial charge < -0.3 is 20.2 Å². The highest BCUT2D eigenvalue weighted by molar-refractivity contribution is 7.16. The third kappa shape index (κ3) is 4.56. The lowest BCUT2D eigenvalue weighted by atomic mass is 10.0. The number of amides is 2. The Bertz CT molecular complexity index is 1220. The Balaban J connectivity index is 1.40. The number of piperidine rings is 1. The van der Waals surface area contributed by atoms with E-state index in [9.17, 15) is 14.7 Å². The van der Waals surface area contributed by atoms with Gasteiger partial charge in [-0.2, -0.15) is 5.10 Å². The van der Waals surface area contributed by atoms with E-state index < -0.39 is 6.09 Å². The van der Waals surface area contributed by atoms with Crippen molar-refractivity contribution in [1.29, 1.82) is 0 Å². The summed E-state index contributed by atoms with van der Waals surface area (Å²) in [5, 5.41) is 19.3. The average molecular weight is 484 g/mol. The van der Waals surface area contributed by atoms with Crippen LogP contribution in [-0.2, 0) is 0 Å². The minimum absolute atomic E-state index is 0.0346. The van der Waals surface area contributed by atoms with Crippen LogP contribution in [0.25, 0.3) is 16.2 Å². The predicted molar refractivity (Wildman–Crippen MR) is 129 cm³/mol. The van der Waals surface area contributed by atoms with Gasteiger partial charge in [0.2, 0.25) is 0 Å². The Morgan fingerprint density at radius 1 is 1.15 bits per heavy atom. The van der Waals surface area contributed by atoms with Crippen molar-refractivity contribution in [2.45, 2.75) is 64.1 Å². The Morgan fingerprint density at radius 3 is 2.50 bits per heavy atom. The van der Waals surface area contributed by atoms with Gasteiger partial charge in [-0.1, -0.05) is 0 Å². The molecule has 3 aromatic heterocycles. The molecule has 0 radical (unpaired) electrons.